The predicted octanol–water partition coefficient (Wildman–Crippen LogP) is 1.88. The van der Waals surface area contributed by atoms with Gasteiger partial charge in [0.25, 0.3) is 0 Å². The van der Waals surface area contributed by atoms with Gasteiger partial charge in [0.2, 0.25) is 15.9 Å². The fraction of sp³-hybridized carbons (Fsp3) is 0.588. The van der Waals surface area contributed by atoms with Gasteiger partial charge >= 0.3 is 0 Å². The van der Waals surface area contributed by atoms with Crippen LogP contribution in [0.1, 0.15) is 39.2 Å². The molecule has 1 fully saturated rings. The second-order valence-corrected chi connectivity index (χ2v) is 9.13. The number of ether oxygens (including phenoxy) is 1. The monoisotopic (exact) mass is 354 g/mol. The molecule has 24 heavy (non-hydrogen) atoms. The average molecular weight is 354 g/mol. The molecule has 134 valence electrons. The molecule has 1 amide bonds. The fourth-order valence-corrected chi connectivity index (χ4v) is 4.46. The molecule has 2 rings (SSSR count). The van der Waals surface area contributed by atoms with E-state index in [1.165, 1.54) is 4.31 Å². The lowest BCUT2D eigenvalue weighted by Gasteiger charge is -2.30. The second-order valence-electron chi connectivity index (χ2n) is 7.19. The highest BCUT2D eigenvalue weighted by atomic mass is 32.2. The number of piperidine rings is 1. The van der Waals surface area contributed by atoms with E-state index >= 15 is 0 Å². The van der Waals surface area contributed by atoms with E-state index in [-0.39, 0.29) is 22.1 Å². The van der Waals surface area contributed by atoms with Crippen molar-refractivity contribution < 1.29 is 17.9 Å². The van der Waals surface area contributed by atoms with Crippen LogP contribution in [0.25, 0.3) is 0 Å². The topological polar surface area (TPSA) is 89.7 Å². The minimum absolute atomic E-state index is 0.238. The standard InChI is InChI=1S/C17H26N2O4S/c1-17(2,3)14-11-13(5-6-15(14)23-4)24(21,22)19-9-7-12(8-10-19)16(18)20/h5-6,11-12H,7-10H2,1-4H3,(H2,18,20). The maximum Gasteiger partial charge on any atom is 0.243 e. The summed E-state index contributed by atoms with van der Waals surface area (Å²) in [5.74, 6) is 0.0813. The molecule has 1 saturated heterocycles. The number of hydrogen-bond acceptors (Lipinski definition) is 4. The molecule has 0 aromatic heterocycles. The summed E-state index contributed by atoms with van der Waals surface area (Å²) in [5, 5.41) is 0. The van der Waals surface area contributed by atoms with E-state index in [1.807, 2.05) is 20.8 Å². The van der Waals surface area contributed by atoms with Crippen molar-refractivity contribution in [2.75, 3.05) is 20.2 Å². The van der Waals surface area contributed by atoms with Gasteiger partial charge in [-0.25, -0.2) is 8.42 Å². The SMILES string of the molecule is COc1ccc(S(=O)(=O)N2CCC(C(N)=O)CC2)cc1C(C)(C)C. The van der Waals surface area contributed by atoms with Crippen LogP contribution in [0.3, 0.4) is 0 Å². The Morgan fingerprint density at radius 3 is 2.29 bits per heavy atom. The first kappa shape index (κ1) is 18.7. The van der Waals surface area contributed by atoms with E-state index in [1.54, 1.807) is 25.3 Å². The van der Waals surface area contributed by atoms with Crippen molar-refractivity contribution in [1.29, 1.82) is 0 Å². The molecule has 0 spiro atoms. The number of nitrogens with zero attached hydrogens (tertiary/aromatic N) is 1. The van der Waals surface area contributed by atoms with Crippen molar-refractivity contribution in [2.24, 2.45) is 11.7 Å². The number of hydrogen-bond donors (Lipinski definition) is 1. The van der Waals surface area contributed by atoms with Gasteiger partial charge in [-0.15, -0.1) is 0 Å². The Labute approximate surface area is 144 Å². The van der Waals surface area contributed by atoms with Gasteiger partial charge in [-0.2, -0.15) is 4.31 Å². The van der Waals surface area contributed by atoms with E-state index < -0.39 is 10.0 Å². The molecule has 0 atom stereocenters. The Morgan fingerprint density at radius 2 is 1.83 bits per heavy atom. The molecule has 0 radical (unpaired) electrons. The number of benzene rings is 1. The second kappa shape index (κ2) is 6.72. The number of sulfonamides is 1. The van der Waals surface area contributed by atoms with Gasteiger partial charge < -0.3 is 10.5 Å². The molecule has 0 bridgehead atoms. The third-order valence-corrected chi connectivity index (χ3v) is 6.37. The first-order chi connectivity index (χ1) is 11.1. The van der Waals surface area contributed by atoms with Crippen molar-refractivity contribution in [3.8, 4) is 5.75 Å². The third kappa shape index (κ3) is 3.72. The van der Waals surface area contributed by atoms with Crippen molar-refractivity contribution in [3.05, 3.63) is 23.8 Å². The molecule has 2 N–H and O–H groups in total. The lowest BCUT2D eigenvalue weighted by atomic mass is 9.86. The van der Waals surface area contributed by atoms with E-state index in [2.05, 4.69) is 0 Å². The van der Waals surface area contributed by atoms with E-state index in [4.69, 9.17) is 10.5 Å². The summed E-state index contributed by atoms with van der Waals surface area (Å²) in [6.45, 7) is 6.67. The summed E-state index contributed by atoms with van der Waals surface area (Å²) in [4.78, 5) is 11.5. The smallest absolute Gasteiger partial charge is 0.243 e. The van der Waals surface area contributed by atoms with Gasteiger partial charge in [0, 0.05) is 24.6 Å². The van der Waals surface area contributed by atoms with Crippen molar-refractivity contribution in [3.63, 3.8) is 0 Å². The Balaban J connectivity index is 2.32. The average Bonchev–Trinajstić information content (AvgIpc) is 2.53. The maximum absolute atomic E-state index is 12.9. The summed E-state index contributed by atoms with van der Waals surface area (Å²) >= 11 is 0. The van der Waals surface area contributed by atoms with Crippen LogP contribution in [0.2, 0.25) is 0 Å². The minimum Gasteiger partial charge on any atom is -0.496 e. The molecule has 0 saturated carbocycles. The number of carbonyl (C=O) groups excluding carboxylic acids is 1. The molecule has 1 heterocycles. The Hall–Kier alpha value is -1.60. The van der Waals surface area contributed by atoms with Crippen LogP contribution >= 0.6 is 0 Å². The summed E-state index contributed by atoms with van der Waals surface area (Å²) in [6, 6.07) is 4.96. The first-order valence-electron chi connectivity index (χ1n) is 8.05. The molecule has 1 aliphatic heterocycles. The van der Waals surface area contributed by atoms with Crippen molar-refractivity contribution >= 4 is 15.9 Å². The van der Waals surface area contributed by atoms with Gasteiger partial charge in [0.05, 0.1) is 12.0 Å². The number of primary amides is 1. The molecule has 0 aliphatic carbocycles. The van der Waals surface area contributed by atoms with Crippen LogP contribution in [-0.4, -0.2) is 38.8 Å². The number of rotatable bonds is 4. The largest absolute Gasteiger partial charge is 0.496 e. The predicted molar refractivity (Wildman–Crippen MR) is 92.4 cm³/mol. The highest BCUT2D eigenvalue weighted by Crippen LogP contribution is 2.34. The van der Waals surface area contributed by atoms with Gasteiger partial charge in [-0.1, -0.05) is 20.8 Å². The molecule has 1 aromatic rings. The number of carbonyl (C=O) groups is 1. The highest BCUT2D eigenvalue weighted by molar-refractivity contribution is 7.89. The van der Waals surface area contributed by atoms with E-state index in [9.17, 15) is 13.2 Å². The Bertz CT molecular complexity index is 715. The van der Waals surface area contributed by atoms with Crippen LogP contribution in [0.4, 0.5) is 0 Å². The van der Waals surface area contributed by atoms with Crippen molar-refractivity contribution in [2.45, 2.75) is 43.9 Å². The summed E-state index contributed by atoms with van der Waals surface area (Å²) in [5.41, 5.74) is 5.92. The molecule has 6 nitrogen and oxygen atoms in total. The molecule has 1 aromatic carbocycles. The van der Waals surface area contributed by atoms with Crippen LogP contribution in [0.5, 0.6) is 5.75 Å². The summed E-state index contributed by atoms with van der Waals surface area (Å²) in [7, 11) is -2.02. The van der Waals surface area contributed by atoms with Crippen LogP contribution < -0.4 is 10.5 Å². The van der Waals surface area contributed by atoms with Crippen LogP contribution in [0.15, 0.2) is 23.1 Å². The molecular formula is C17H26N2O4S. The number of methoxy groups -OCH3 is 1. The Morgan fingerprint density at radius 1 is 1.25 bits per heavy atom. The summed E-state index contributed by atoms with van der Waals surface area (Å²) < 4.78 is 32.6. The van der Waals surface area contributed by atoms with Crippen molar-refractivity contribution in [1.82, 2.24) is 4.31 Å². The van der Waals surface area contributed by atoms with Gasteiger partial charge in [0.1, 0.15) is 5.75 Å². The zero-order valence-electron chi connectivity index (χ0n) is 14.7. The molecule has 0 unspecified atom stereocenters. The maximum atomic E-state index is 12.9. The minimum atomic E-state index is -3.59. The quantitative estimate of drug-likeness (QED) is 0.894. The van der Waals surface area contributed by atoms with Crippen LogP contribution in [0, 0.1) is 5.92 Å². The zero-order valence-corrected chi connectivity index (χ0v) is 15.5. The molecular weight excluding hydrogens is 328 g/mol. The van der Waals surface area contributed by atoms with E-state index in [0.29, 0.717) is 31.7 Å². The number of nitrogens with two attached hydrogens (primary N) is 1. The van der Waals surface area contributed by atoms with E-state index in [0.717, 1.165) is 5.56 Å². The first-order valence-corrected chi connectivity index (χ1v) is 9.49. The van der Waals surface area contributed by atoms with Gasteiger partial charge in [-0.05, 0) is 36.5 Å². The molecule has 7 heteroatoms. The van der Waals surface area contributed by atoms with Gasteiger partial charge in [-0.3, -0.25) is 4.79 Å². The number of amides is 1. The lowest BCUT2D eigenvalue weighted by molar-refractivity contribution is -0.122. The summed E-state index contributed by atoms with van der Waals surface area (Å²) in [6.07, 6.45) is 0.938. The zero-order chi connectivity index (χ0) is 18.1. The fourth-order valence-electron chi connectivity index (χ4n) is 2.96. The van der Waals surface area contributed by atoms with Crippen LogP contribution in [-0.2, 0) is 20.2 Å². The van der Waals surface area contributed by atoms with Gasteiger partial charge in [0.15, 0.2) is 0 Å². The lowest BCUT2D eigenvalue weighted by Crippen LogP contribution is -2.41. The highest BCUT2D eigenvalue weighted by Gasteiger charge is 2.32. The molecule has 1 aliphatic rings. The Kier molecular flexibility index (Phi) is 5.25. The normalized spacial score (nSPS) is 17.7. The third-order valence-electron chi connectivity index (χ3n) is 4.47.